The molecule has 1 aromatic carbocycles. The summed E-state index contributed by atoms with van der Waals surface area (Å²) in [5.41, 5.74) is 0. The van der Waals surface area contributed by atoms with Crippen molar-refractivity contribution in [3.8, 4) is 0 Å². The van der Waals surface area contributed by atoms with Gasteiger partial charge in [-0.2, -0.15) is 0 Å². The third-order valence-corrected chi connectivity index (χ3v) is 5.68. The third kappa shape index (κ3) is 6.13. The zero-order chi connectivity index (χ0) is 17.4. The van der Waals surface area contributed by atoms with E-state index in [2.05, 4.69) is 10.3 Å². The molecule has 0 amide bonds. The molecule has 0 heterocycles. The molecular formula is C17H27N3O3S. The average Bonchev–Trinajstić information content (AvgIpc) is 3.40. The van der Waals surface area contributed by atoms with Gasteiger partial charge in [-0.05, 0) is 30.9 Å². The van der Waals surface area contributed by atoms with E-state index in [0.717, 1.165) is 19.1 Å². The molecule has 1 aliphatic rings. The first-order valence-corrected chi connectivity index (χ1v) is 9.95. The average molecular weight is 353 g/mol. The zero-order valence-electron chi connectivity index (χ0n) is 14.4. The van der Waals surface area contributed by atoms with Crippen LogP contribution in [0.3, 0.4) is 0 Å². The van der Waals surface area contributed by atoms with E-state index in [-0.39, 0.29) is 5.75 Å². The molecule has 24 heavy (non-hydrogen) atoms. The number of rotatable bonds is 9. The van der Waals surface area contributed by atoms with E-state index in [1.807, 2.05) is 11.9 Å². The molecule has 0 aromatic heterocycles. The lowest BCUT2D eigenvalue weighted by molar-refractivity contribution is 0.115. The van der Waals surface area contributed by atoms with Crippen LogP contribution >= 0.6 is 0 Å². The summed E-state index contributed by atoms with van der Waals surface area (Å²) in [6.07, 6.45) is 2.57. The van der Waals surface area contributed by atoms with Crippen LogP contribution in [0.1, 0.15) is 12.8 Å². The molecule has 1 N–H and O–H groups in total. The van der Waals surface area contributed by atoms with E-state index in [4.69, 9.17) is 4.74 Å². The van der Waals surface area contributed by atoms with E-state index in [1.165, 1.54) is 12.8 Å². The van der Waals surface area contributed by atoms with Gasteiger partial charge in [-0.25, -0.2) is 8.42 Å². The number of hydrogen-bond donors (Lipinski definition) is 1. The van der Waals surface area contributed by atoms with Crippen LogP contribution in [0.2, 0.25) is 0 Å². The molecule has 7 heteroatoms. The first-order valence-electron chi connectivity index (χ1n) is 8.30. The summed E-state index contributed by atoms with van der Waals surface area (Å²) in [4.78, 5) is 6.48. The molecule has 0 radical (unpaired) electrons. The van der Waals surface area contributed by atoms with Crippen molar-refractivity contribution in [3.05, 3.63) is 30.3 Å². The van der Waals surface area contributed by atoms with Crippen LogP contribution in [-0.4, -0.2) is 65.4 Å². The van der Waals surface area contributed by atoms with Crippen molar-refractivity contribution in [2.75, 3.05) is 46.2 Å². The van der Waals surface area contributed by atoms with Gasteiger partial charge in [-0.1, -0.05) is 18.2 Å². The lowest BCUT2D eigenvalue weighted by Gasteiger charge is -2.22. The van der Waals surface area contributed by atoms with Gasteiger partial charge in [-0.3, -0.25) is 4.99 Å². The quantitative estimate of drug-likeness (QED) is 0.413. The smallest absolute Gasteiger partial charge is 0.193 e. The van der Waals surface area contributed by atoms with Gasteiger partial charge in [0.15, 0.2) is 15.8 Å². The summed E-state index contributed by atoms with van der Waals surface area (Å²) in [6, 6.07) is 8.50. The number of guanidine groups is 1. The summed E-state index contributed by atoms with van der Waals surface area (Å²) in [7, 11) is 0.334. The number of hydrogen-bond acceptors (Lipinski definition) is 4. The van der Waals surface area contributed by atoms with Crippen molar-refractivity contribution in [2.45, 2.75) is 17.7 Å². The molecule has 2 rings (SSSR count). The molecule has 1 aromatic rings. The second-order valence-corrected chi connectivity index (χ2v) is 8.15. The molecule has 0 aliphatic heterocycles. The van der Waals surface area contributed by atoms with Crippen LogP contribution in [0.5, 0.6) is 0 Å². The Hall–Kier alpha value is -1.60. The van der Waals surface area contributed by atoms with Gasteiger partial charge in [0.25, 0.3) is 0 Å². The Balaban J connectivity index is 1.72. The minimum absolute atomic E-state index is 0.0298. The molecule has 0 bridgehead atoms. The second kappa shape index (κ2) is 9.03. The van der Waals surface area contributed by atoms with E-state index >= 15 is 0 Å². The van der Waals surface area contributed by atoms with E-state index in [9.17, 15) is 8.42 Å². The maximum absolute atomic E-state index is 12.2. The minimum atomic E-state index is -3.27. The van der Waals surface area contributed by atoms with E-state index in [0.29, 0.717) is 24.0 Å². The highest BCUT2D eigenvalue weighted by atomic mass is 32.2. The molecule has 0 saturated heterocycles. The maximum atomic E-state index is 12.2. The number of aliphatic imine (C=N–C) groups is 1. The first kappa shape index (κ1) is 18.7. The molecule has 6 nitrogen and oxygen atoms in total. The molecule has 1 saturated carbocycles. The topological polar surface area (TPSA) is 71.0 Å². The largest absolute Gasteiger partial charge is 0.379 e. The fourth-order valence-corrected chi connectivity index (χ4v) is 3.45. The number of benzene rings is 1. The van der Waals surface area contributed by atoms with Crippen molar-refractivity contribution < 1.29 is 13.2 Å². The Morgan fingerprint density at radius 1 is 1.33 bits per heavy atom. The van der Waals surface area contributed by atoms with Crippen molar-refractivity contribution in [1.82, 2.24) is 10.2 Å². The molecule has 1 aliphatic carbocycles. The van der Waals surface area contributed by atoms with Crippen molar-refractivity contribution >= 4 is 15.8 Å². The van der Waals surface area contributed by atoms with Crippen LogP contribution in [0.15, 0.2) is 40.2 Å². The standard InChI is InChI=1S/C17H27N3O3S/c1-18-17(20(2)11-12-23-14-15-8-9-15)19-10-13-24(21,22)16-6-4-3-5-7-16/h3-7,15H,8-14H2,1-2H3,(H,18,19). The van der Waals surface area contributed by atoms with E-state index in [1.54, 1.807) is 37.4 Å². The lowest BCUT2D eigenvalue weighted by Crippen LogP contribution is -2.42. The summed E-state index contributed by atoms with van der Waals surface area (Å²) in [5.74, 6) is 1.46. The Morgan fingerprint density at radius 2 is 2.04 bits per heavy atom. The van der Waals surface area contributed by atoms with Gasteiger partial charge in [0.05, 0.1) is 17.3 Å². The molecule has 0 spiro atoms. The molecule has 0 unspecified atom stereocenters. The summed E-state index contributed by atoms with van der Waals surface area (Å²) in [5, 5.41) is 3.10. The minimum Gasteiger partial charge on any atom is -0.379 e. The predicted octanol–water partition coefficient (Wildman–Crippen LogP) is 1.39. The molecule has 134 valence electrons. The van der Waals surface area contributed by atoms with Crippen LogP contribution in [-0.2, 0) is 14.6 Å². The highest BCUT2D eigenvalue weighted by molar-refractivity contribution is 7.91. The SMILES string of the molecule is CN=C(NCCS(=O)(=O)c1ccccc1)N(C)CCOCC1CC1. The van der Waals surface area contributed by atoms with Crippen molar-refractivity contribution in [2.24, 2.45) is 10.9 Å². The monoisotopic (exact) mass is 353 g/mol. The van der Waals surface area contributed by atoms with Gasteiger partial charge >= 0.3 is 0 Å². The summed E-state index contributed by atoms with van der Waals surface area (Å²) >= 11 is 0. The number of sulfone groups is 1. The van der Waals surface area contributed by atoms with E-state index < -0.39 is 9.84 Å². The Morgan fingerprint density at radius 3 is 2.67 bits per heavy atom. The van der Waals surface area contributed by atoms with Gasteiger partial charge < -0.3 is 15.0 Å². The third-order valence-electron chi connectivity index (χ3n) is 3.95. The summed E-state index contributed by atoms with van der Waals surface area (Å²) < 4.78 is 30.1. The number of ether oxygens (including phenoxy) is 1. The van der Waals surface area contributed by atoms with Crippen LogP contribution < -0.4 is 5.32 Å². The van der Waals surface area contributed by atoms with Gasteiger partial charge in [0.2, 0.25) is 0 Å². The Bertz CT molecular complexity index is 628. The fraction of sp³-hybridized carbons (Fsp3) is 0.588. The lowest BCUT2D eigenvalue weighted by atomic mass is 10.4. The highest BCUT2D eigenvalue weighted by Crippen LogP contribution is 2.28. The van der Waals surface area contributed by atoms with Crippen LogP contribution in [0, 0.1) is 5.92 Å². The maximum Gasteiger partial charge on any atom is 0.193 e. The van der Waals surface area contributed by atoms with Gasteiger partial charge in [0, 0.05) is 33.8 Å². The number of nitrogens with zero attached hydrogens (tertiary/aromatic N) is 2. The van der Waals surface area contributed by atoms with Gasteiger partial charge in [-0.15, -0.1) is 0 Å². The highest BCUT2D eigenvalue weighted by Gasteiger charge is 2.21. The van der Waals surface area contributed by atoms with Crippen LogP contribution in [0.25, 0.3) is 0 Å². The van der Waals surface area contributed by atoms with Crippen molar-refractivity contribution in [3.63, 3.8) is 0 Å². The second-order valence-electron chi connectivity index (χ2n) is 6.05. The Labute approximate surface area is 144 Å². The molecular weight excluding hydrogens is 326 g/mol. The number of nitrogens with one attached hydrogen (secondary N) is 1. The number of likely N-dealkylation sites (N-methyl/N-ethyl adjacent to an activating group) is 1. The fourth-order valence-electron chi connectivity index (χ4n) is 2.27. The normalized spacial score (nSPS) is 15.3. The first-order chi connectivity index (χ1) is 11.5. The van der Waals surface area contributed by atoms with Gasteiger partial charge in [0.1, 0.15) is 0 Å². The molecule has 0 atom stereocenters. The summed E-state index contributed by atoms with van der Waals surface area (Å²) in [6.45, 7) is 2.53. The predicted molar refractivity (Wildman–Crippen MR) is 96.0 cm³/mol. The van der Waals surface area contributed by atoms with Crippen LogP contribution in [0.4, 0.5) is 0 Å². The Kier molecular flexibility index (Phi) is 7.05. The zero-order valence-corrected chi connectivity index (χ0v) is 15.3. The molecule has 1 fully saturated rings. The van der Waals surface area contributed by atoms with Crippen molar-refractivity contribution in [1.29, 1.82) is 0 Å².